The maximum absolute atomic E-state index is 12.9. The van der Waals surface area contributed by atoms with Gasteiger partial charge in [0.15, 0.2) is 0 Å². The second-order valence-corrected chi connectivity index (χ2v) is 6.23. The largest absolute Gasteiger partial charge is 0.489 e. The molecule has 0 bridgehead atoms. The number of hydrogen-bond acceptors (Lipinski definition) is 2. The summed E-state index contributed by atoms with van der Waals surface area (Å²) in [6.45, 7) is 5.36. The van der Waals surface area contributed by atoms with Crippen molar-refractivity contribution in [2.75, 3.05) is 5.32 Å². The highest BCUT2D eigenvalue weighted by Crippen LogP contribution is 2.19. The van der Waals surface area contributed by atoms with E-state index in [9.17, 15) is 4.39 Å². The van der Waals surface area contributed by atoms with Gasteiger partial charge < -0.3 is 10.1 Å². The lowest BCUT2D eigenvalue weighted by atomic mass is 10.1. The molecule has 3 rings (SSSR count). The minimum Gasteiger partial charge on any atom is -0.489 e. The summed E-state index contributed by atoms with van der Waals surface area (Å²) in [5.74, 6) is 0.576. The molecule has 0 aliphatic carbocycles. The highest BCUT2D eigenvalue weighted by molar-refractivity contribution is 5.52. The third kappa shape index (κ3) is 4.83. The van der Waals surface area contributed by atoms with Crippen molar-refractivity contribution in [1.82, 2.24) is 0 Å². The van der Waals surface area contributed by atoms with E-state index in [4.69, 9.17) is 4.74 Å². The molecule has 0 radical (unpaired) electrons. The van der Waals surface area contributed by atoms with Crippen molar-refractivity contribution in [2.24, 2.45) is 0 Å². The highest BCUT2D eigenvalue weighted by Gasteiger charge is 2.01. The lowest BCUT2D eigenvalue weighted by molar-refractivity contribution is 0.306. The van der Waals surface area contributed by atoms with E-state index in [2.05, 4.69) is 43.4 Å². The number of halogens is 1. The van der Waals surface area contributed by atoms with Gasteiger partial charge in [-0.1, -0.05) is 42.0 Å². The number of nitrogens with one attached hydrogen (secondary N) is 1. The van der Waals surface area contributed by atoms with Crippen LogP contribution in [0.5, 0.6) is 5.75 Å². The number of aryl methyl sites for hydroxylation is 2. The van der Waals surface area contributed by atoms with Gasteiger partial charge in [0.25, 0.3) is 0 Å². The Bertz CT molecular complexity index is 843. The smallest absolute Gasteiger partial charge is 0.123 e. The van der Waals surface area contributed by atoms with Gasteiger partial charge in [0.1, 0.15) is 18.2 Å². The van der Waals surface area contributed by atoms with Crippen molar-refractivity contribution >= 4 is 5.69 Å². The van der Waals surface area contributed by atoms with Gasteiger partial charge in [-0.2, -0.15) is 0 Å². The molecule has 0 fully saturated rings. The molecule has 1 N–H and O–H groups in total. The zero-order chi connectivity index (χ0) is 17.6. The molecule has 3 heteroatoms. The third-order valence-corrected chi connectivity index (χ3v) is 4.08. The van der Waals surface area contributed by atoms with Gasteiger partial charge in [-0.3, -0.25) is 0 Å². The van der Waals surface area contributed by atoms with Gasteiger partial charge in [0, 0.05) is 12.2 Å². The zero-order valence-corrected chi connectivity index (χ0v) is 14.6. The van der Waals surface area contributed by atoms with Crippen molar-refractivity contribution < 1.29 is 9.13 Å². The Labute approximate surface area is 148 Å². The van der Waals surface area contributed by atoms with E-state index >= 15 is 0 Å². The molecule has 0 saturated carbocycles. The van der Waals surface area contributed by atoms with Crippen LogP contribution in [0, 0.1) is 19.7 Å². The van der Waals surface area contributed by atoms with E-state index in [1.165, 1.54) is 23.3 Å². The average Bonchev–Trinajstić information content (AvgIpc) is 2.61. The van der Waals surface area contributed by atoms with E-state index in [0.717, 1.165) is 29.1 Å². The van der Waals surface area contributed by atoms with Crippen LogP contribution in [0.1, 0.15) is 22.3 Å². The van der Waals surface area contributed by atoms with Gasteiger partial charge >= 0.3 is 0 Å². The average molecular weight is 335 g/mol. The fourth-order valence-electron chi connectivity index (χ4n) is 2.70. The second-order valence-electron chi connectivity index (χ2n) is 6.23. The summed E-state index contributed by atoms with van der Waals surface area (Å²) in [7, 11) is 0. The molecule has 0 aromatic heterocycles. The minimum atomic E-state index is -0.233. The van der Waals surface area contributed by atoms with Crippen LogP contribution in [0.3, 0.4) is 0 Å². The zero-order valence-electron chi connectivity index (χ0n) is 14.6. The summed E-state index contributed by atoms with van der Waals surface area (Å²) in [5.41, 5.74) is 5.74. The number of benzene rings is 3. The monoisotopic (exact) mass is 335 g/mol. The van der Waals surface area contributed by atoms with Gasteiger partial charge in [-0.15, -0.1) is 0 Å². The lowest BCUT2D eigenvalue weighted by Gasteiger charge is -2.12. The molecule has 0 unspecified atom stereocenters. The Hall–Kier alpha value is -2.81. The van der Waals surface area contributed by atoms with Crippen LogP contribution in [0.15, 0.2) is 66.7 Å². The molecule has 3 aromatic rings. The minimum absolute atomic E-state index is 0.233. The molecular formula is C22H22FNO. The first-order valence-electron chi connectivity index (χ1n) is 8.37. The van der Waals surface area contributed by atoms with Crippen LogP contribution in [-0.4, -0.2) is 0 Å². The normalized spacial score (nSPS) is 10.5. The quantitative estimate of drug-likeness (QED) is 0.630. The van der Waals surface area contributed by atoms with Gasteiger partial charge in [0.05, 0.1) is 0 Å². The SMILES string of the molecule is Cc1ccc(NCc2cccc(OCc3ccc(F)cc3)c2)c(C)c1. The van der Waals surface area contributed by atoms with E-state index in [1.54, 1.807) is 12.1 Å². The first-order valence-corrected chi connectivity index (χ1v) is 8.37. The van der Waals surface area contributed by atoms with Crippen molar-refractivity contribution in [3.63, 3.8) is 0 Å². The molecule has 25 heavy (non-hydrogen) atoms. The lowest BCUT2D eigenvalue weighted by Crippen LogP contribution is -2.02. The predicted molar refractivity (Wildman–Crippen MR) is 100 cm³/mol. The Morgan fingerprint density at radius 2 is 1.68 bits per heavy atom. The van der Waals surface area contributed by atoms with Crippen molar-refractivity contribution in [3.8, 4) is 5.75 Å². The number of hydrogen-bond donors (Lipinski definition) is 1. The van der Waals surface area contributed by atoms with Gasteiger partial charge in [-0.25, -0.2) is 4.39 Å². The van der Waals surface area contributed by atoms with Crippen molar-refractivity contribution in [3.05, 3.63) is 94.8 Å². The van der Waals surface area contributed by atoms with Gasteiger partial charge in [0.2, 0.25) is 0 Å². The van der Waals surface area contributed by atoms with Crippen LogP contribution in [-0.2, 0) is 13.2 Å². The maximum Gasteiger partial charge on any atom is 0.123 e. The topological polar surface area (TPSA) is 21.3 Å². The number of rotatable bonds is 6. The summed E-state index contributed by atoms with van der Waals surface area (Å²) in [4.78, 5) is 0. The van der Waals surface area contributed by atoms with E-state index in [1.807, 2.05) is 18.2 Å². The fourth-order valence-corrected chi connectivity index (χ4v) is 2.70. The predicted octanol–water partition coefficient (Wildman–Crippen LogP) is 5.63. The second kappa shape index (κ2) is 7.84. The third-order valence-electron chi connectivity index (χ3n) is 4.08. The molecule has 0 saturated heterocycles. The van der Waals surface area contributed by atoms with Crippen LogP contribution in [0.4, 0.5) is 10.1 Å². The molecule has 3 aromatic carbocycles. The fraction of sp³-hybridized carbons (Fsp3) is 0.182. The van der Waals surface area contributed by atoms with Crippen LogP contribution >= 0.6 is 0 Å². The Morgan fingerprint density at radius 1 is 0.880 bits per heavy atom. The molecule has 0 aliphatic rings. The molecule has 0 aliphatic heterocycles. The first-order chi connectivity index (χ1) is 12.1. The van der Waals surface area contributed by atoms with Gasteiger partial charge in [-0.05, 0) is 60.9 Å². The number of ether oxygens (including phenoxy) is 1. The summed E-state index contributed by atoms with van der Waals surface area (Å²) in [6.07, 6.45) is 0. The van der Waals surface area contributed by atoms with Crippen molar-refractivity contribution in [2.45, 2.75) is 27.0 Å². The number of anilines is 1. The van der Waals surface area contributed by atoms with Crippen molar-refractivity contribution in [1.29, 1.82) is 0 Å². The summed E-state index contributed by atoms with van der Waals surface area (Å²) < 4.78 is 18.7. The molecule has 128 valence electrons. The summed E-state index contributed by atoms with van der Waals surface area (Å²) in [5, 5.41) is 3.47. The van der Waals surface area contributed by atoms with Crippen LogP contribution in [0.25, 0.3) is 0 Å². The summed E-state index contributed by atoms with van der Waals surface area (Å²) >= 11 is 0. The molecule has 0 heterocycles. The highest BCUT2D eigenvalue weighted by atomic mass is 19.1. The Kier molecular flexibility index (Phi) is 5.34. The van der Waals surface area contributed by atoms with E-state index in [-0.39, 0.29) is 5.82 Å². The van der Waals surface area contributed by atoms with Crippen LogP contribution in [0.2, 0.25) is 0 Å². The molecular weight excluding hydrogens is 313 g/mol. The first kappa shape index (κ1) is 17.0. The Balaban J connectivity index is 1.60. The Morgan fingerprint density at radius 3 is 2.44 bits per heavy atom. The van der Waals surface area contributed by atoms with E-state index in [0.29, 0.717) is 6.61 Å². The van der Waals surface area contributed by atoms with Crippen LogP contribution < -0.4 is 10.1 Å². The standard InChI is InChI=1S/C22H22FNO/c1-16-6-11-22(17(2)12-16)24-14-19-4-3-5-21(13-19)25-15-18-7-9-20(23)10-8-18/h3-13,24H,14-15H2,1-2H3. The molecule has 0 amide bonds. The maximum atomic E-state index is 12.9. The van der Waals surface area contributed by atoms with E-state index < -0.39 is 0 Å². The summed E-state index contributed by atoms with van der Waals surface area (Å²) in [6, 6.07) is 20.8. The molecule has 0 atom stereocenters. The molecule has 2 nitrogen and oxygen atoms in total. The molecule has 0 spiro atoms.